The lowest BCUT2D eigenvalue weighted by atomic mass is 10.1. The number of ether oxygens (including phenoxy) is 1. The van der Waals surface area contributed by atoms with Crippen LogP contribution >= 0.6 is 11.6 Å². The highest BCUT2D eigenvalue weighted by Gasteiger charge is 2.10. The van der Waals surface area contributed by atoms with Gasteiger partial charge in [-0.1, -0.05) is 17.7 Å². The molecule has 0 spiro atoms. The van der Waals surface area contributed by atoms with Crippen molar-refractivity contribution in [3.05, 3.63) is 28.3 Å². The number of unbranched alkanes of at least 4 members (excludes halogenated alkanes) is 2. The number of carboxylic acids is 2. The third-order valence-electron chi connectivity index (χ3n) is 4.12. The first-order chi connectivity index (χ1) is 12.3. The highest BCUT2D eigenvalue weighted by molar-refractivity contribution is 6.32. The number of hydrogen-bond donors (Lipinski definition) is 2. The van der Waals surface area contributed by atoms with E-state index < -0.39 is 11.9 Å². The van der Waals surface area contributed by atoms with Crippen LogP contribution < -0.4 is 4.74 Å². The van der Waals surface area contributed by atoms with E-state index in [9.17, 15) is 0 Å². The van der Waals surface area contributed by atoms with Crippen molar-refractivity contribution in [3.8, 4) is 5.75 Å². The average Bonchev–Trinajstić information content (AvgIpc) is 3.06. The fourth-order valence-electron chi connectivity index (χ4n) is 2.88. The molecule has 0 unspecified atom stereocenters. The number of aliphatic carboxylic acids is 2. The quantitative estimate of drug-likeness (QED) is 0.549. The van der Waals surface area contributed by atoms with Crippen molar-refractivity contribution in [2.45, 2.75) is 46.0 Å². The van der Waals surface area contributed by atoms with Gasteiger partial charge in [-0.2, -0.15) is 0 Å². The molecule has 1 aliphatic rings. The van der Waals surface area contributed by atoms with Gasteiger partial charge in [-0.05, 0) is 82.8 Å². The minimum Gasteiger partial charge on any atom is -0.492 e. The molecule has 0 aromatic heterocycles. The molecule has 7 heteroatoms. The number of rotatable bonds is 7. The van der Waals surface area contributed by atoms with E-state index in [4.69, 9.17) is 36.1 Å². The molecule has 0 radical (unpaired) electrons. The lowest BCUT2D eigenvalue weighted by Gasteiger charge is -2.14. The van der Waals surface area contributed by atoms with Crippen LogP contribution in [0, 0.1) is 13.8 Å². The van der Waals surface area contributed by atoms with Crippen LogP contribution in [0.5, 0.6) is 5.75 Å². The predicted octanol–water partition coefficient (Wildman–Crippen LogP) is 3.76. The molecular formula is C19H28ClNO5. The SMILES string of the molecule is Cc1cc(C)c(OCCCCCN2CCCC2)c(Cl)c1.O=C(O)C(=O)O. The summed E-state index contributed by atoms with van der Waals surface area (Å²) in [4.78, 5) is 20.8. The number of likely N-dealkylation sites (tertiary alicyclic amines) is 1. The Hall–Kier alpha value is -1.79. The van der Waals surface area contributed by atoms with Gasteiger partial charge in [-0.25, -0.2) is 9.59 Å². The van der Waals surface area contributed by atoms with Gasteiger partial charge in [0.1, 0.15) is 5.75 Å². The minimum absolute atomic E-state index is 0.736. The molecule has 1 aromatic carbocycles. The highest BCUT2D eigenvalue weighted by Crippen LogP contribution is 2.29. The summed E-state index contributed by atoms with van der Waals surface area (Å²) in [6.07, 6.45) is 6.39. The molecule has 0 aliphatic carbocycles. The molecule has 1 aromatic rings. The minimum atomic E-state index is -1.82. The zero-order valence-electron chi connectivity index (χ0n) is 15.5. The van der Waals surface area contributed by atoms with Crippen LogP contribution in [0.2, 0.25) is 5.02 Å². The van der Waals surface area contributed by atoms with Crippen molar-refractivity contribution in [1.82, 2.24) is 4.90 Å². The number of nitrogens with zero attached hydrogens (tertiary/aromatic N) is 1. The number of hydrogen-bond acceptors (Lipinski definition) is 4. The summed E-state index contributed by atoms with van der Waals surface area (Å²) in [6, 6.07) is 4.09. The van der Waals surface area contributed by atoms with Crippen molar-refractivity contribution in [2.24, 2.45) is 0 Å². The summed E-state index contributed by atoms with van der Waals surface area (Å²) in [5, 5.41) is 15.5. The number of benzene rings is 1. The fraction of sp³-hybridized carbons (Fsp3) is 0.579. The second kappa shape index (κ2) is 11.8. The lowest BCUT2D eigenvalue weighted by Crippen LogP contribution is -2.20. The van der Waals surface area contributed by atoms with Gasteiger partial charge in [0.15, 0.2) is 0 Å². The van der Waals surface area contributed by atoms with Gasteiger partial charge in [-0.15, -0.1) is 0 Å². The Morgan fingerprint density at radius 2 is 1.69 bits per heavy atom. The number of carboxylic acid groups (broad SMARTS) is 2. The lowest BCUT2D eigenvalue weighted by molar-refractivity contribution is -0.159. The Balaban J connectivity index is 0.000000487. The molecule has 1 saturated heterocycles. The van der Waals surface area contributed by atoms with Crippen LogP contribution in [0.3, 0.4) is 0 Å². The van der Waals surface area contributed by atoms with Crippen molar-refractivity contribution in [2.75, 3.05) is 26.2 Å². The van der Waals surface area contributed by atoms with Crippen LogP contribution in [0.15, 0.2) is 12.1 Å². The van der Waals surface area contributed by atoms with Gasteiger partial charge < -0.3 is 19.8 Å². The zero-order chi connectivity index (χ0) is 19.5. The second-order valence-electron chi connectivity index (χ2n) is 6.46. The van der Waals surface area contributed by atoms with Crippen molar-refractivity contribution in [3.63, 3.8) is 0 Å². The topological polar surface area (TPSA) is 87.1 Å². The van der Waals surface area contributed by atoms with Crippen molar-refractivity contribution in [1.29, 1.82) is 0 Å². The molecule has 0 amide bonds. The van der Waals surface area contributed by atoms with E-state index in [1.807, 2.05) is 6.07 Å². The van der Waals surface area contributed by atoms with Gasteiger partial charge in [0.25, 0.3) is 0 Å². The van der Waals surface area contributed by atoms with Crippen molar-refractivity contribution < 1.29 is 24.5 Å². The van der Waals surface area contributed by atoms with Crippen molar-refractivity contribution >= 4 is 23.5 Å². The van der Waals surface area contributed by atoms with Gasteiger partial charge in [0.05, 0.1) is 11.6 Å². The summed E-state index contributed by atoms with van der Waals surface area (Å²) in [7, 11) is 0. The van der Waals surface area contributed by atoms with Crippen LogP contribution in [0.25, 0.3) is 0 Å². The van der Waals surface area contributed by atoms with E-state index in [0.29, 0.717) is 0 Å². The highest BCUT2D eigenvalue weighted by atomic mass is 35.5. The van der Waals surface area contributed by atoms with Crippen LogP contribution in [0.4, 0.5) is 0 Å². The predicted molar refractivity (Wildman–Crippen MR) is 101 cm³/mol. The first kappa shape index (κ1) is 22.3. The van der Waals surface area contributed by atoms with E-state index in [-0.39, 0.29) is 0 Å². The Morgan fingerprint density at radius 3 is 2.23 bits per heavy atom. The molecule has 146 valence electrons. The van der Waals surface area contributed by atoms with E-state index in [2.05, 4.69) is 24.8 Å². The smallest absolute Gasteiger partial charge is 0.414 e. The summed E-state index contributed by atoms with van der Waals surface area (Å²) < 4.78 is 5.85. The standard InChI is InChI=1S/C17H26ClNO.C2H2O4/c1-14-12-15(2)17(16(18)13-14)20-11-7-3-4-8-19-9-5-6-10-19;3-1(4)2(5)6/h12-13H,3-11H2,1-2H3;(H,3,4)(H,5,6). The summed E-state index contributed by atoms with van der Waals surface area (Å²) in [5.41, 5.74) is 2.32. The molecule has 0 saturated carbocycles. The third kappa shape index (κ3) is 8.54. The normalized spacial score (nSPS) is 13.8. The van der Waals surface area contributed by atoms with Gasteiger partial charge in [0.2, 0.25) is 0 Å². The summed E-state index contributed by atoms with van der Waals surface area (Å²) >= 11 is 6.23. The Bertz CT molecular complexity index is 565. The molecule has 1 aliphatic heterocycles. The van der Waals surface area contributed by atoms with E-state index in [0.717, 1.165) is 29.4 Å². The molecule has 26 heavy (non-hydrogen) atoms. The van der Waals surface area contributed by atoms with Gasteiger partial charge in [0, 0.05) is 0 Å². The van der Waals surface area contributed by atoms with Crippen LogP contribution in [-0.4, -0.2) is 53.3 Å². The maximum atomic E-state index is 9.10. The number of halogens is 1. The molecule has 6 nitrogen and oxygen atoms in total. The summed E-state index contributed by atoms with van der Waals surface area (Å²) in [6.45, 7) is 8.74. The maximum Gasteiger partial charge on any atom is 0.414 e. The Morgan fingerprint density at radius 1 is 1.08 bits per heavy atom. The largest absolute Gasteiger partial charge is 0.492 e. The maximum absolute atomic E-state index is 9.10. The first-order valence-corrected chi connectivity index (χ1v) is 9.27. The van der Waals surface area contributed by atoms with Gasteiger partial charge in [-0.3, -0.25) is 0 Å². The zero-order valence-corrected chi connectivity index (χ0v) is 16.2. The van der Waals surface area contributed by atoms with Crippen LogP contribution in [0.1, 0.15) is 43.2 Å². The Kier molecular flexibility index (Phi) is 10.1. The first-order valence-electron chi connectivity index (χ1n) is 8.89. The molecule has 1 fully saturated rings. The molecule has 0 bridgehead atoms. The monoisotopic (exact) mass is 385 g/mol. The molecule has 2 rings (SSSR count). The fourth-order valence-corrected chi connectivity index (χ4v) is 3.26. The number of carbonyl (C=O) groups is 2. The number of aryl methyl sites for hydroxylation is 2. The van der Waals surface area contributed by atoms with Gasteiger partial charge >= 0.3 is 11.9 Å². The average molecular weight is 386 g/mol. The van der Waals surface area contributed by atoms with E-state index in [1.165, 1.54) is 50.9 Å². The summed E-state index contributed by atoms with van der Waals surface area (Å²) in [5.74, 6) is -2.79. The second-order valence-corrected chi connectivity index (χ2v) is 6.87. The molecule has 2 N–H and O–H groups in total. The molecule has 0 atom stereocenters. The molecule has 1 heterocycles. The van der Waals surface area contributed by atoms with E-state index >= 15 is 0 Å². The molecular weight excluding hydrogens is 358 g/mol. The van der Waals surface area contributed by atoms with Crippen LogP contribution in [-0.2, 0) is 9.59 Å². The van der Waals surface area contributed by atoms with E-state index in [1.54, 1.807) is 0 Å². The third-order valence-corrected chi connectivity index (χ3v) is 4.40. The Labute approximate surface area is 159 Å².